The van der Waals surface area contributed by atoms with Crippen molar-refractivity contribution in [2.24, 2.45) is 0 Å². The number of carboxylic acids is 2. The van der Waals surface area contributed by atoms with Crippen LogP contribution in [0.15, 0.2) is 0 Å². The van der Waals surface area contributed by atoms with E-state index in [1.165, 1.54) is 167 Å². The Hall–Kier alpha value is 1.12. The molecule has 0 aromatic rings. The van der Waals surface area contributed by atoms with Gasteiger partial charge < -0.3 is 10.2 Å². The van der Waals surface area contributed by atoms with Crippen molar-refractivity contribution in [2.45, 2.75) is 219 Å². The number of rotatable bonds is 32. The molecular formula is C36H76CaO4Pb. The SMILES string of the molecule is CCCCCCCCCCCCCCCCCC(=O)O.CCCCCCCCCCCCCCCCCC(=O)O.[CaH2].[PbH2]. The van der Waals surface area contributed by atoms with E-state index in [-0.39, 0.29) is 65.0 Å². The van der Waals surface area contributed by atoms with Crippen molar-refractivity contribution in [2.75, 3.05) is 0 Å². The molecule has 2 N–H and O–H groups in total. The van der Waals surface area contributed by atoms with E-state index in [0.717, 1.165) is 25.7 Å². The van der Waals surface area contributed by atoms with Crippen molar-refractivity contribution < 1.29 is 19.8 Å². The maximum atomic E-state index is 10.3. The summed E-state index contributed by atoms with van der Waals surface area (Å²) >= 11 is 0. The van der Waals surface area contributed by atoms with Gasteiger partial charge in [-0.2, -0.15) is 0 Å². The Balaban J connectivity index is -0.000000328. The van der Waals surface area contributed by atoms with Gasteiger partial charge in [-0.05, 0) is 12.8 Å². The fourth-order valence-electron chi connectivity index (χ4n) is 5.30. The van der Waals surface area contributed by atoms with Crippen molar-refractivity contribution in [3.8, 4) is 0 Å². The van der Waals surface area contributed by atoms with E-state index >= 15 is 0 Å². The van der Waals surface area contributed by atoms with Crippen LogP contribution >= 0.6 is 0 Å². The summed E-state index contributed by atoms with van der Waals surface area (Å²) in [5.41, 5.74) is 0. The van der Waals surface area contributed by atoms with Crippen LogP contribution in [0.25, 0.3) is 0 Å². The zero-order chi connectivity index (χ0) is 29.8. The first-order valence-corrected chi connectivity index (χ1v) is 18.0. The Morgan fingerprint density at radius 3 is 0.619 bits per heavy atom. The van der Waals surface area contributed by atoms with Crippen LogP contribution in [-0.4, -0.2) is 87.2 Å². The predicted octanol–water partition coefficient (Wildman–Crippen LogP) is 10.8. The third kappa shape index (κ3) is 53.7. The molecule has 0 aromatic heterocycles. The molecule has 6 heteroatoms. The van der Waals surface area contributed by atoms with Crippen LogP contribution in [-0.2, 0) is 9.59 Å². The minimum absolute atomic E-state index is 0. The van der Waals surface area contributed by atoms with Crippen LogP contribution in [0.2, 0.25) is 0 Å². The first-order chi connectivity index (χ1) is 19.5. The number of carbonyl (C=O) groups is 2. The molecule has 2 radical (unpaired) electrons. The van der Waals surface area contributed by atoms with E-state index in [4.69, 9.17) is 10.2 Å². The van der Waals surface area contributed by atoms with Crippen molar-refractivity contribution in [3.05, 3.63) is 0 Å². The van der Waals surface area contributed by atoms with Crippen molar-refractivity contribution in [1.29, 1.82) is 0 Å². The van der Waals surface area contributed by atoms with E-state index in [2.05, 4.69) is 13.8 Å². The Morgan fingerprint density at radius 2 is 0.476 bits per heavy atom. The summed E-state index contributed by atoms with van der Waals surface area (Å²) in [7, 11) is 0. The van der Waals surface area contributed by atoms with Gasteiger partial charge >= 0.3 is 77.0 Å². The second-order valence-corrected chi connectivity index (χ2v) is 12.2. The Bertz CT molecular complexity index is 461. The predicted molar refractivity (Wildman–Crippen MR) is 191 cm³/mol. The summed E-state index contributed by atoms with van der Waals surface area (Å²) in [6, 6.07) is 0. The molecule has 0 unspecified atom stereocenters. The summed E-state index contributed by atoms with van der Waals surface area (Å²) in [6.45, 7) is 4.54. The molecule has 0 spiro atoms. The molecule has 250 valence electrons. The van der Waals surface area contributed by atoms with Gasteiger partial charge in [0.05, 0.1) is 0 Å². The van der Waals surface area contributed by atoms with Gasteiger partial charge in [0.1, 0.15) is 0 Å². The third-order valence-corrected chi connectivity index (χ3v) is 7.99. The third-order valence-electron chi connectivity index (χ3n) is 7.99. The van der Waals surface area contributed by atoms with Gasteiger partial charge in [-0.3, -0.25) is 9.59 Å². The van der Waals surface area contributed by atoms with Crippen LogP contribution < -0.4 is 0 Å². The molecule has 42 heavy (non-hydrogen) atoms. The number of carboxylic acid groups (broad SMARTS) is 2. The van der Waals surface area contributed by atoms with Crippen molar-refractivity contribution in [3.63, 3.8) is 0 Å². The van der Waals surface area contributed by atoms with Gasteiger partial charge in [-0.25, -0.2) is 0 Å². The first kappa shape index (κ1) is 50.0. The summed E-state index contributed by atoms with van der Waals surface area (Å²) in [5.74, 6) is -1.31. The van der Waals surface area contributed by atoms with Crippen molar-refractivity contribution in [1.82, 2.24) is 0 Å². The zero-order valence-corrected chi connectivity index (χ0v) is 33.5. The minimum atomic E-state index is -0.653. The number of unbranched alkanes of at least 4 members (excludes halogenated alkanes) is 28. The summed E-state index contributed by atoms with van der Waals surface area (Å²) < 4.78 is 0. The van der Waals surface area contributed by atoms with Crippen molar-refractivity contribution >= 4 is 77.0 Å². The average Bonchev–Trinajstić information content (AvgIpc) is 2.93. The van der Waals surface area contributed by atoms with Gasteiger partial charge in [0, 0.05) is 12.8 Å². The molecule has 0 saturated heterocycles. The van der Waals surface area contributed by atoms with Gasteiger partial charge in [0.2, 0.25) is 0 Å². The molecule has 0 atom stereocenters. The summed E-state index contributed by atoms with van der Waals surface area (Å²) in [5, 5.41) is 17.0. The molecule has 0 aliphatic heterocycles. The van der Waals surface area contributed by atoms with E-state index < -0.39 is 11.9 Å². The Morgan fingerprint density at radius 1 is 0.333 bits per heavy atom. The van der Waals surface area contributed by atoms with Gasteiger partial charge in [0.15, 0.2) is 0 Å². The number of aliphatic carboxylic acids is 2. The van der Waals surface area contributed by atoms with Crippen LogP contribution in [0.3, 0.4) is 0 Å². The standard InChI is InChI=1S/2C18H36O2.Ca.Pb.4H/c2*1-2-3-4-5-6-7-8-9-10-11-12-13-14-15-16-17-18(19)20;;;;;;/h2*2-17H2,1H3,(H,19,20);;;;;;. The second-order valence-electron chi connectivity index (χ2n) is 12.2. The topological polar surface area (TPSA) is 74.6 Å². The molecule has 0 bridgehead atoms. The molecule has 0 aromatic carbocycles. The van der Waals surface area contributed by atoms with Crippen LogP contribution in [0, 0.1) is 0 Å². The van der Waals surface area contributed by atoms with Crippen LogP contribution in [0.4, 0.5) is 0 Å². The normalized spacial score (nSPS) is 10.3. The molecule has 4 nitrogen and oxygen atoms in total. The molecule has 0 aliphatic carbocycles. The molecule has 0 heterocycles. The van der Waals surface area contributed by atoms with E-state index in [0.29, 0.717) is 12.8 Å². The molecule has 0 rings (SSSR count). The van der Waals surface area contributed by atoms with E-state index in [9.17, 15) is 9.59 Å². The molecule has 0 saturated carbocycles. The molecule has 0 fully saturated rings. The fraction of sp³-hybridized carbons (Fsp3) is 0.944. The molecule has 0 amide bonds. The van der Waals surface area contributed by atoms with E-state index in [1.54, 1.807) is 0 Å². The van der Waals surface area contributed by atoms with Gasteiger partial charge in [-0.15, -0.1) is 0 Å². The van der Waals surface area contributed by atoms with Crippen LogP contribution in [0.5, 0.6) is 0 Å². The van der Waals surface area contributed by atoms with Gasteiger partial charge in [0.25, 0.3) is 0 Å². The summed E-state index contributed by atoms with van der Waals surface area (Å²) in [4.78, 5) is 20.7. The Kier molecular flexibility index (Phi) is 55.4. The quantitative estimate of drug-likeness (QED) is 0.0524. The van der Waals surface area contributed by atoms with Gasteiger partial charge in [-0.1, -0.05) is 194 Å². The molecular weight excluding hydrogens is 744 g/mol. The average molecular weight is 820 g/mol. The number of hydrogen-bond donors (Lipinski definition) is 2. The van der Waals surface area contributed by atoms with E-state index in [1.807, 2.05) is 0 Å². The number of hydrogen-bond acceptors (Lipinski definition) is 2. The Labute approximate surface area is 313 Å². The monoisotopic (exact) mass is 821 g/mol. The van der Waals surface area contributed by atoms with Crippen LogP contribution in [0.1, 0.15) is 219 Å². The molecule has 0 aliphatic rings. The zero-order valence-electron chi connectivity index (χ0n) is 28.0. The first-order valence-electron chi connectivity index (χ1n) is 18.0. The summed E-state index contributed by atoms with van der Waals surface area (Å²) in [6.07, 6.45) is 40.4. The second kappa shape index (κ2) is 46.5. The maximum absolute atomic E-state index is 10.3. The fourth-order valence-corrected chi connectivity index (χ4v) is 5.30.